The van der Waals surface area contributed by atoms with Crippen LogP contribution in [-0.2, 0) is 9.59 Å². The molecule has 1 aliphatic heterocycles. The number of nitrogens with zero attached hydrogens (tertiary/aromatic N) is 1. The summed E-state index contributed by atoms with van der Waals surface area (Å²) in [4.78, 5) is 39.8. The van der Waals surface area contributed by atoms with E-state index in [2.05, 4.69) is 10.6 Å². The van der Waals surface area contributed by atoms with Crippen LogP contribution in [0.25, 0.3) is 0 Å². The first kappa shape index (κ1) is 23.0. The molecule has 1 atom stereocenters. The number of nitrogens with one attached hydrogen (secondary N) is 2. The van der Waals surface area contributed by atoms with Crippen molar-refractivity contribution in [3.63, 3.8) is 0 Å². The van der Waals surface area contributed by atoms with Crippen molar-refractivity contribution < 1.29 is 19.1 Å². The van der Waals surface area contributed by atoms with Gasteiger partial charge in [0.2, 0.25) is 11.8 Å². The van der Waals surface area contributed by atoms with Gasteiger partial charge >= 0.3 is 0 Å². The van der Waals surface area contributed by atoms with Gasteiger partial charge in [0, 0.05) is 29.9 Å². The van der Waals surface area contributed by atoms with Crippen molar-refractivity contribution in [1.82, 2.24) is 0 Å². The van der Waals surface area contributed by atoms with Gasteiger partial charge in [-0.05, 0) is 55.8 Å². The van der Waals surface area contributed by atoms with Gasteiger partial charge in [0.15, 0.2) is 0 Å². The van der Waals surface area contributed by atoms with Gasteiger partial charge in [0.1, 0.15) is 5.75 Å². The predicted octanol–water partition coefficient (Wildman–Crippen LogP) is 4.64. The number of carbonyl (C=O) groups is 3. The molecule has 3 aromatic rings. The molecule has 0 bridgehead atoms. The highest BCUT2D eigenvalue weighted by molar-refractivity contribution is 6.06. The van der Waals surface area contributed by atoms with Gasteiger partial charge in [0.25, 0.3) is 5.91 Å². The van der Waals surface area contributed by atoms with E-state index in [0.717, 1.165) is 5.56 Å². The SMILES string of the molecule is CCOc1ccccc1N1CC(C(=O)Nc2cc(NC(=O)c3ccccc3)ccc2C)CC1=O. The van der Waals surface area contributed by atoms with Crippen LogP contribution < -0.4 is 20.3 Å². The Morgan fingerprint density at radius 3 is 2.50 bits per heavy atom. The molecule has 7 heteroatoms. The lowest BCUT2D eigenvalue weighted by molar-refractivity contribution is -0.122. The first-order chi connectivity index (χ1) is 16.5. The molecule has 174 valence electrons. The molecule has 0 spiro atoms. The molecule has 1 unspecified atom stereocenters. The number of amides is 3. The third-order valence-electron chi connectivity index (χ3n) is 5.74. The highest BCUT2D eigenvalue weighted by Crippen LogP contribution is 2.33. The van der Waals surface area contributed by atoms with Crippen molar-refractivity contribution in [3.8, 4) is 5.75 Å². The van der Waals surface area contributed by atoms with Gasteiger partial charge in [-0.1, -0.05) is 36.4 Å². The first-order valence-electron chi connectivity index (χ1n) is 11.3. The van der Waals surface area contributed by atoms with Crippen LogP contribution in [0.5, 0.6) is 5.75 Å². The number of carbonyl (C=O) groups excluding carboxylic acids is 3. The van der Waals surface area contributed by atoms with Crippen LogP contribution in [-0.4, -0.2) is 30.9 Å². The maximum Gasteiger partial charge on any atom is 0.255 e. The van der Waals surface area contributed by atoms with Crippen molar-refractivity contribution in [1.29, 1.82) is 0 Å². The molecule has 0 aliphatic carbocycles. The molecule has 7 nitrogen and oxygen atoms in total. The largest absolute Gasteiger partial charge is 0.492 e. The van der Waals surface area contributed by atoms with Crippen molar-refractivity contribution in [2.24, 2.45) is 5.92 Å². The van der Waals surface area contributed by atoms with Crippen LogP contribution in [0.4, 0.5) is 17.1 Å². The Morgan fingerprint density at radius 1 is 1.00 bits per heavy atom. The summed E-state index contributed by atoms with van der Waals surface area (Å²) < 4.78 is 5.65. The van der Waals surface area contributed by atoms with Crippen LogP contribution in [0.15, 0.2) is 72.8 Å². The molecule has 34 heavy (non-hydrogen) atoms. The number of anilines is 3. The predicted molar refractivity (Wildman–Crippen MR) is 132 cm³/mol. The Kier molecular flexibility index (Phi) is 6.92. The molecule has 1 fully saturated rings. The highest BCUT2D eigenvalue weighted by atomic mass is 16.5. The fourth-order valence-corrected chi connectivity index (χ4v) is 3.94. The van der Waals surface area contributed by atoms with E-state index in [0.29, 0.717) is 35.0 Å². The molecule has 4 rings (SSSR count). The van der Waals surface area contributed by atoms with Crippen LogP contribution in [0.2, 0.25) is 0 Å². The molecule has 0 radical (unpaired) electrons. The molecular formula is C27H27N3O4. The minimum absolute atomic E-state index is 0.118. The van der Waals surface area contributed by atoms with E-state index in [1.165, 1.54) is 0 Å². The van der Waals surface area contributed by atoms with Gasteiger partial charge < -0.3 is 20.3 Å². The Labute approximate surface area is 198 Å². The van der Waals surface area contributed by atoms with E-state index in [4.69, 9.17) is 4.74 Å². The molecule has 2 N–H and O–H groups in total. The smallest absolute Gasteiger partial charge is 0.255 e. The number of hydrogen-bond acceptors (Lipinski definition) is 4. The summed E-state index contributed by atoms with van der Waals surface area (Å²) in [5.41, 5.74) is 3.24. The molecular weight excluding hydrogens is 430 g/mol. The summed E-state index contributed by atoms with van der Waals surface area (Å²) >= 11 is 0. The van der Waals surface area contributed by atoms with Gasteiger partial charge in [-0.2, -0.15) is 0 Å². The maximum absolute atomic E-state index is 13.0. The van der Waals surface area contributed by atoms with Crippen LogP contribution in [0.3, 0.4) is 0 Å². The Morgan fingerprint density at radius 2 is 1.74 bits per heavy atom. The van der Waals surface area contributed by atoms with E-state index in [9.17, 15) is 14.4 Å². The monoisotopic (exact) mass is 457 g/mol. The summed E-state index contributed by atoms with van der Waals surface area (Å²) in [6.45, 7) is 4.53. The third-order valence-corrected chi connectivity index (χ3v) is 5.74. The van der Waals surface area contributed by atoms with Crippen molar-refractivity contribution in [2.45, 2.75) is 20.3 Å². The number of rotatable bonds is 7. The molecule has 0 saturated carbocycles. The topological polar surface area (TPSA) is 87.7 Å². The van der Waals surface area contributed by atoms with Crippen LogP contribution in [0.1, 0.15) is 29.3 Å². The summed E-state index contributed by atoms with van der Waals surface area (Å²) in [6, 6.07) is 21.6. The minimum Gasteiger partial charge on any atom is -0.492 e. The second-order valence-electron chi connectivity index (χ2n) is 8.15. The average Bonchev–Trinajstić information content (AvgIpc) is 3.24. The molecule has 1 aliphatic rings. The number of aryl methyl sites for hydroxylation is 1. The molecule has 0 aromatic heterocycles. The number of para-hydroxylation sites is 2. The average molecular weight is 458 g/mol. The van der Waals surface area contributed by atoms with Crippen molar-refractivity contribution in [3.05, 3.63) is 83.9 Å². The summed E-state index contributed by atoms with van der Waals surface area (Å²) in [5.74, 6) is -0.458. The Hall–Kier alpha value is -4.13. The van der Waals surface area contributed by atoms with E-state index in [1.54, 1.807) is 41.3 Å². The maximum atomic E-state index is 13.0. The summed E-state index contributed by atoms with van der Waals surface area (Å²) in [5, 5.41) is 5.79. The van der Waals surface area contributed by atoms with Crippen molar-refractivity contribution >= 4 is 34.8 Å². The molecule has 3 aromatic carbocycles. The van der Waals surface area contributed by atoms with Gasteiger partial charge in [-0.15, -0.1) is 0 Å². The number of benzene rings is 3. The Bertz CT molecular complexity index is 1210. The van der Waals surface area contributed by atoms with E-state index >= 15 is 0 Å². The molecule has 3 amide bonds. The number of ether oxygens (including phenoxy) is 1. The zero-order valence-electron chi connectivity index (χ0n) is 19.2. The Balaban J connectivity index is 1.45. The second kappa shape index (κ2) is 10.2. The quantitative estimate of drug-likeness (QED) is 0.541. The lowest BCUT2D eigenvalue weighted by Crippen LogP contribution is -2.28. The standard InChI is InChI=1S/C27H27N3O4/c1-3-34-24-12-8-7-11-23(24)30-17-20(15-25(30)31)27(33)29-22-16-21(14-13-18(22)2)28-26(32)19-9-5-4-6-10-19/h4-14,16,20H,3,15,17H2,1-2H3,(H,28,32)(H,29,33). The van der Waals surface area contributed by atoms with Crippen LogP contribution >= 0.6 is 0 Å². The fourth-order valence-electron chi connectivity index (χ4n) is 3.94. The van der Waals surface area contributed by atoms with Crippen molar-refractivity contribution in [2.75, 3.05) is 28.7 Å². The molecule has 1 saturated heterocycles. The number of hydrogen-bond donors (Lipinski definition) is 2. The minimum atomic E-state index is -0.496. The van der Waals surface area contributed by atoms with Gasteiger partial charge in [-0.3, -0.25) is 14.4 Å². The third kappa shape index (κ3) is 5.09. The first-order valence-corrected chi connectivity index (χ1v) is 11.3. The normalized spacial score (nSPS) is 15.2. The van der Waals surface area contributed by atoms with Crippen LogP contribution in [0, 0.1) is 12.8 Å². The zero-order valence-corrected chi connectivity index (χ0v) is 19.2. The molecule has 1 heterocycles. The summed E-state index contributed by atoms with van der Waals surface area (Å²) in [7, 11) is 0. The lowest BCUT2D eigenvalue weighted by atomic mass is 10.1. The van der Waals surface area contributed by atoms with E-state index < -0.39 is 5.92 Å². The zero-order chi connectivity index (χ0) is 24.1. The van der Waals surface area contributed by atoms with E-state index in [1.807, 2.05) is 50.2 Å². The van der Waals surface area contributed by atoms with Gasteiger partial charge in [-0.25, -0.2) is 0 Å². The van der Waals surface area contributed by atoms with E-state index in [-0.39, 0.29) is 30.7 Å². The van der Waals surface area contributed by atoms with Gasteiger partial charge in [0.05, 0.1) is 18.2 Å². The summed E-state index contributed by atoms with van der Waals surface area (Å²) in [6.07, 6.45) is 0.121. The fraction of sp³-hybridized carbons (Fsp3) is 0.222. The lowest BCUT2D eigenvalue weighted by Gasteiger charge is -2.20. The highest BCUT2D eigenvalue weighted by Gasteiger charge is 2.36. The second-order valence-corrected chi connectivity index (χ2v) is 8.15.